The number of aliphatic hydroxyl groups is 1. The van der Waals surface area contributed by atoms with E-state index in [4.69, 9.17) is 9.84 Å². The van der Waals surface area contributed by atoms with Gasteiger partial charge < -0.3 is 15.2 Å². The maximum atomic E-state index is 12.7. The van der Waals surface area contributed by atoms with Crippen LogP contribution in [0.25, 0.3) is 0 Å². The summed E-state index contributed by atoms with van der Waals surface area (Å²) in [5, 5.41) is 11.9. The summed E-state index contributed by atoms with van der Waals surface area (Å²) in [6.07, 6.45) is 1.71. The molecule has 5 nitrogen and oxygen atoms in total. The maximum absolute atomic E-state index is 12.7. The lowest BCUT2D eigenvalue weighted by molar-refractivity contribution is 0.167. The molecule has 0 aliphatic carbocycles. The van der Waals surface area contributed by atoms with Crippen LogP contribution in [0.15, 0.2) is 58.3 Å². The van der Waals surface area contributed by atoms with Crippen molar-refractivity contribution in [3.8, 4) is 5.75 Å². The van der Waals surface area contributed by atoms with E-state index in [0.29, 0.717) is 18.8 Å². The molecule has 0 spiro atoms. The summed E-state index contributed by atoms with van der Waals surface area (Å²) >= 11 is 0. The molecule has 2 aromatic carbocycles. The van der Waals surface area contributed by atoms with Crippen molar-refractivity contribution < 1.29 is 18.3 Å². The third-order valence-electron chi connectivity index (χ3n) is 4.09. The lowest BCUT2D eigenvalue weighted by Crippen LogP contribution is -2.35. The fourth-order valence-electron chi connectivity index (χ4n) is 2.79. The van der Waals surface area contributed by atoms with Gasteiger partial charge in [-0.1, -0.05) is 24.3 Å². The number of fused-ring (bicyclic) bond motifs is 1. The Balaban J connectivity index is 1.82. The third-order valence-corrected chi connectivity index (χ3v) is 5.86. The van der Waals surface area contributed by atoms with Crippen LogP contribution >= 0.6 is 0 Å². The van der Waals surface area contributed by atoms with Crippen LogP contribution in [0.4, 0.5) is 0 Å². The zero-order valence-electron chi connectivity index (χ0n) is 13.3. The van der Waals surface area contributed by atoms with Crippen LogP contribution in [0.5, 0.6) is 5.75 Å². The second-order valence-corrected chi connectivity index (χ2v) is 7.74. The van der Waals surface area contributed by atoms with Gasteiger partial charge in [0.1, 0.15) is 11.9 Å². The molecule has 0 radical (unpaired) electrons. The largest absolute Gasteiger partial charge is 0.489 e. The number of nitrogens with one attached hydrogen (secondary N) is 1. The molecule has 128 valence electrons. The summed E-state index contributed by atoms with van der Waals surface area (Å²) in [5.74, 6) is 0.633. The Kier molecular flexibility index (Phi) is 5.18. The summed E-state index contributed by atoms with van der Waals surface area (Å²) < 4.78 is 31.4. The highest BCUT2D eigenvalue weighted by atomic mass is 32.2. The Bertz CT molecular complexity index is 790. The molecule has 2 N–H and O–H groups in total. The van der Waals surface area contributed by atoms with Gasteiger partial charge in [-0.05, 0) is 42.7 Å². The van der Waals surface area contributed by atoms with E-state index in [1.807, 2.05) is 6.07 Å². The Morgan fingerprint density at radius 2 is 1.92 bits per heavy atom. The summed E-state index contributed by atoms with van der Waals surface area (Å²) in [4.78, 5) is 0.526. The van der Waals surface area contributed by atoms with Crippen molar-refractivity contribution in [2.75, 3.05) is 19.7 Å². The van der Waals surface area contributed by atoms with Crippen LogP contribution < -0.4 is 10.1 Å². The average molecular weight is 347 g/mol. The average Bonchev–Trinajstić information content (AvgIpc) is 2.62. The number of aryl methyl sites for hydroxylation is 1. The minimum atomic E-state index is -3.54. The summed E-state index contributed by atoms with van der Waals surface area (Å²) in [7, 11) is -3.54. The highest BCUT2D eigenvalue weighted by Crippen LogP contribution is 2.32. The first-order chi connectivity index (χ1) is 11.6. The molecule has 1 unspecified atom stereocenters. The Hall–Kier alpha value is -1.89. The van der Waals surface area contributed by atoms with Crippen LogP contribution in [0, 0.1) is 0 Å². The zero-order valence-corrected chi connectivity index (χ0v) is 14.1. The molecule has 0 bridgehead atoms. The van der Waals surface area contributed by atoms with Gasteiger partial charge in [-0.2, -0.15) is 0 Å². The van der Waals surface area contributed by atoms with Gasteiger partial charge in [0.2, 0.25) is 9.84 Å². The first-order valence-corrected chi connectivity index (χ1v) is 9.51. The van der Waals surface area contributed by atoms with Gasteiger partial charge in [0.15, 0.2) is 0 Å². The van der Waals surface area contributed by atoms with E-state index in [0.717, 1.165) is 18.4 Å². The number of rotatable bonds is 6. The molecule has 1 aliphatic heterocycles. The van der Waals surface area contributed by atoms with Crippen molar-refractivity contribution in [2.24, 2.45) is 0 Å². The molecular weight excluding hydrogens is 326 g/mol. The highest BCUT2D eigenvalue weighted by molar-refractivity contribution is 7.91. The van der Waals surface area contributed by atoms with Crippen LogP contribution in [0.2, 0.25) is 0 Å². The molecule has 1 heterocycles. The molecule has 3 rings (SSSR count). The maximum Gasteiger partial charge on any atom is 0.206 e. The van der Waals surface area contributed by atoms with Crippen LogP contribution in [0.1, 0.15) is 12.0 Å². The van der Waals surface area contributed by atoms with Crippen LogP contribution in [0.3, 0.4) is 0 Å². The van der Waals surface area contributed by atoms with Crippen molar-refractivity contribution in [2.45, 2.75) is 28.7 Å². The van der Waals surface area contributed by atoms with E-state index < -0.39 is 9.84 Å². The summed E-state index contributed by atoms with van der Waals surface area (Å²) in [5.41, 5.74) is 1.03. The smallest absolute Gasteiger partial charge is 0.206 e. The van der Waals surface area contributed by atoms with Gasteiger partial charge in [0.25, 0.3) is 0 Å². The topological polar surface area (TPSA) is 75.6 Å². The Morgan fingerprint density at radius 3 is 2.67 bits per heavy atom. The van der Waals surface area contributed by atoms with E-state index in [1.165, 1.54) is 0 Å². The van der Waals surface area contributed by atoms with E-state index in [2.05, 4.69) is 5.32 Å². The molecule has 0 aromatic heterocycles. The second kappa shape index (κ2) is 7.34. The lowest BCUT2D eigenvalue weighted by atomic mass is 10.0. The van der Waals surface area contributed by atoms with Gasteiger partial charge in [0.05, 0.1) is 16.4 Å². The van der Waals surface area contributed by atoms with Crippen molar-refractivity contribution in [3.05, 3.63) is 54.1 Å². The molecule has 6 heteroatoms. The van der Waals surface area contributed by atoms with E-state index in [9.17, 15) is 8.42 Å². The number of hydrogen-bond donors (Lipinski definition) is 2. The number of hydrogen-bond acceptors (Lipinski definition) is 5. The van der Waals surface area contributed by atoms with Crippen molar-refractivity contribution in [3.63, 3.8) is 0 Å². The molecule has 0 saturated heterocycles. The minimum absolute atomic E-state index is 0.0151. The molecule has 1 aliphatic rings. The standard InChI is InChI=1S/C18H21NO4S/c20-11-10-19-13-15-8-6-14-7-9-17(12-18(14)23-15)24(21,22)16-4-2-1-3-5-16/h1-5,7,9,12,15,19-20H,6,8,10-11,13H2. The Morgan fingerprint density at radius 1 is 1.12 bits per heavy atom. The van der Waals surface area contributed by atoms with Crippen LogP contribution in [-0.2, 0) is 16.3 Å². The van der Waals surface area contributed by atoms with Gasteiger partial charge >= 0.3 is 0 Å². The molecule has 1 atom stereocenters. The number of ether oxygens (including phenoxy) is 1. The third kappa shape index (κ3) is 3.61. The number of aliphatic hydroxyl groups excluding tert-OH is 1. The number of benzene rings is 2. The van der Waals surface area contributed by atoms with Crippen LogP contribution in [-0.4, -0.2) is 39.3 Å². The van der Waals surface area contributed by atoms with Gasteiger partial charge in [-0.15, -0.1) is 0 Å². The molecule has 0 fully saturated rings. The fraction of sp³-hybridized carbons (Fsp3) is 0.333. The monoisotopic (exact) mass is 347 g/mol. The van der Waals surface area contributed by atoms with E-state index in [-0.39, 0.29) is 22.5 Å². The quantitative estimate of drug-likeness (QED) is 0.779. The van der Waals surface area contributed by atoms with Crippen molar-refractivity contribution >= 4 is 9.84 Å². The van der Waals surface area contributed by atoms with Crippen molar-refractivity contribution in [1.82, 2.24) is 5.32 Å². The molecule has 0 amide bonds. The van der Waals surface area contributed by atoms with Gasteiger partial charge in [-0.25, -0.2) is 8.42 Å². The predicted octanol–water partition coefficient (Wildman–Crippen LogP) is 1.79. The molecule has 24 heavy (non-hydrogen) atoms. The Labute approximate surface area is 142 Å². The normalized spacial score (nSPS) is 17.1. The molecule has 2 aromatic rings. The molecular formula is C18H21NO4S. The highest BCUT2D eigenvalue weighted by Gasteiger charge is 2.23. The lowest BCUT2D eigenvalue weighted by Gasteiger charge is -2.26. The summed E-state index contributed by atoms with van der Waals surface area (Å²) in [6, 6.07) is 13.5. The molecule has 0 saturated carbocycles. The zero-order chi connectivity index (χ0) is 17.0. The summed E-state index contributed by atoms with van der Waals surface area (Å²) in [6.45, 7) is 1.24. The first kappa shape index (κ1) is 17.0. The first-order valence-electron chi connectivity index (χ1n) is 8.02. The number of sulfone groups is 1. The van der Waals surface area contributed by atoms with E-state index >= 15 is 0 Å². The fourth-order valence-corrected chi connectivity index (χ4v) is 4.09. The van der Waals surface area contributed by atoms with E-state index in [1.54, 1.807) is 42.5 Å². The minimum Gasteiger partial charge on any atom is -0.489 e. The predicted molar refractivity (Wildman–Crippen MR) is 91.0 cm³/mol. The SMILES string of the molecule is O=S(=O)(c1ccccc1)c1ccc2c(c1)OC(CNCCO)CC2. The van der Waals surface area contributed by atoms with Gasteiger partial charge in [-0.3, -0.25) is 0 Å². The van der Waals surface area contributed by atoms with Crippen molar-refractivity contribution in [1.29, 1.82) is 0 Å². The second-order valence-electron chi connectivity index (χ2n) is 5.79. The van der Waals surface area contributed by atoms with Gasteiger partial charge in [0, 0.05) is 13.1 Å².